The number of nitrogens with zero attached hydrogens (tertiary/aromatic N) is 6. The first-order chi connectivity index (χ1) is 29.2. The van der Waals surface area contributed by atoms with E-state index >= 15 is 0 Å². The third-order valence-electron chi connectivity index (χ3n) is 12.5. The molecule has 0 bridgehead atoms. The van der Waals surface area contributed by atoms with Crippen molar-refractivity contribution in [3.8, 4) is 11.4 Å². The number of hydrogen-bond donors (Lipinski definition) is 2. The number of amides is 1. The first-order valence-electron chi connectivity index (χ1n) is 21.1. The standard InChI is InChI=1S/C42H63N7O10.CH3FS/c1-12-31-42(8)36(49(40(54)59-42)19-14-13-18-48-22-29(45-46-48)28-16-15-17-32(43)44-28)25(4)33(50)23(2)21-41(7,55-11)37(26(5)34(51)27(6)38(53)57-31)58-39-35(52)30(47(9)10)20-24(3)56-39;1-3-2/h13-17,22-27,30-31,35-37,39,52H,12,18-21H2,1-11H3,(H2,43,44);1H3/b14-13+;/t23-,24?,25+,26+,27-,30?,31-,35?,36-,37-,39+,41-,42-;/m1./s1. The summed E-state index contributed by atoms with van der Waals surface area (Å²) >= 11 is 0.250. The molecule has 1 amide bonds. The molecule has 3 N–H and O–H groups in total. The van der Waals surface area contributed by atoms with Crippen LogP contribution in [0, 0.1) is 23.7 Å². The van der Waals surface area contributed by atoms with Gasteiger partial charge in [0.2, 0.25) is 0 Å². The van der Waals surface area contributed by atoms with Crippen LogP contribution in [0.1, 0.15) is 74.7 Å². The van der Waals surface area contributed by atoms with Crippen molar-refractivity contribution in [1.29, 1.82) is 0 Å². The molecule has 0 radical (unpaired) electrons. The van der Waals surface area contributed by atoms with Gasteiger partial charge < -0.3 is 39.4 Å². The zero-order valence-electron chi connectivity index (χ0n) is 38.0. The van der Waals surface area contributed by atoms with Crippen LogP contribution in [0.4, 0.5) is 14.5 Å². The number of aliphatic hydroxyl groups is 1. The number of halogens is 1. The number of rotatable bonds is 10. The molecule has 62 heavy (non-hydrogen) atoms. The Morgan fingerprint density at radius 2 is 1.71 bits per heavy atom. The lowest BCUT2D eigenvalue weighted by Crippen LogP contribution is -2.60. The van der Waals surface area contributed by atoms with Gasteiger partial charge in [-0.2, -0.15) is 3.89 Å². The number of pyridine rings is 1. The normalized spacial score (nSPS) is 35.0. The fraction of sp³-hybridized carbons (Fsp3) is 0.698. The topological polar surface area (TPSA) is 211 Å². The Bertz CT molecular complexity index is 1890. The monoisotopic (exact) mass is 891 g/mol. The van der Waals surface area contributed by atoms with Crippen LogP contribution in [0.25, 0.3) is 11.4 Å². The highest BCUT2D eigenvalue weighted by atomic mass is 32.2. The van der Waals surface area contributed by atoms with Crippen LogP contribution in [0.2, 0.25) is 0 Å². The molecule has 5 rings (SSSR count). The molecule has 0 saturated carbocycles. The number of carbonyl (C=O) groups excluding carboxylic acids is 4. The van der Waals surface area contributed by atoms with Gasteiger partial charge in [0.25, 0.3) is 0 Å². The Morgan fingerprint density at radius 1 is 1.05 bits per heavy atom. The van der Waals surface area contributed by atoms with E-state index in [9.17, 15) is 28.2 Å². The summed E-state index contributed by atoms with van der Waals surface area (Å²) in [5.74, 6) is -4.82. The predicted molar refractivity (Wildman–Crippen MR) is 231 cm³/mol. The molecular weight excluding hydrogens is 826 g/mol. The Hall–Kier alpha value is -4.01. The molecule has 0 aromatic carbocycles. The summed E-state index contributed by atoms with van der Waals surface area (Å²) < 4.78 is 42.9. The van der Waals surface area contributed by atoms with Crippen LogP contribution in [0.3, 0.4) is 0 Å². The third-order valence-corrected chi connectivity index (χ3v) is 12.5. The summed E-state index contributed by atoms with van der Waals surface area (Å²) in [6.07, 6.45) is 2.38. The first-order valence-corrected chi connectivity index (χ1v) is 22.2. The van der Waals surface area contributed by atoms with Crippen molar-refractivity contribution >= 4 is 41.6 Å². The number of hydrogen-bond acceptors (Lipinski definition) is 16. The fourth-order valence-corrected chi connectivity index (χ4v) is 9.14. The van der Waals surface area contributed by atoms with Crippen molar-refractivity contribution in [3.63, 3.8) is 0 Å². The van der Waals surface area contributed by atoms with E-state index in [1.807, 2.05) is 32.0 Å². The van der Waals surface area contributed by atoms with Gasteiger partial charge in [-0.1, -0.05) is 51.1 Å². The zero-order valence-corrected chi connectivity index (χ0v) is 38.8. The van der Waals surface area contributed by atoms with Gasteiger partial charge in [-0.15, -0.1) is 5.10 Å². The fourth-order valence-electron chi connectivity index (χ4n) is 9.14. The Labute approximate surface area is 368 Å². The molecule has 2 aromatic rings. The number of cyclic esters (lactones) is 1. The largest absolute Gasteiger partial charge is 0.458 e. The molecule has 3 aliphatic rings. The number of ketones is 2. The van der Waals surface area contributed by atoms with Crippen LogP contribution in [0.15, 0.2) is 36.5 Å². The van der Waals surface area contributed by atoms with Gasteiger partial charge in [-0.25, -0.2) is 14.5 Å². The third kappa shape index (κ3) is 11.2. The van der Waals surface area contributed by atoms with E-state index in [1.54, 1.807) is 76.7 Å². The predicted octanol–water partition coefficient (Wildman–Crippen LogP) is 4.92. The second-order valence-corrected chi connectivity index (χ2v) is 17.5. The van der Waals surface area contributed by atoms with E-state index in [1.165, 1.54) is 25.2 Å². The van der Waals surface area contributed by atoms with Gasteiger partial charge in [0, 0.05) is 55.9 Å². The van der Waals surface area contributed by atoms with Gasteiger partial charge in [0.1, 0.15) is 35.4 Å². The smallest absolute Gasteiger partial charge is 0.411 e. The molecule has 0 aliphatic carbocycles. The SMILES string of the molecule is CC[C@H]1OC(=O)[C@H](C)C(=O)[C@H](C)[C@@H](O[C@@H]2OC(C)CC(N(C)C)C2O)[C@](C)(OC)C[C@@H](C)C(=O)[C@H](C)[C@H]2N(C/C=C/Cn3cc(-c4cccc(N)n4)nn3)C(=O)O[C@]12C.CSF. The number of anilines is 1. The minimum Gasteiger partial charge on any atom is -0.458 e. The number of allylic oxidation sites excluding steroid dienone is 1. The molecule has 17 nitrogen and oxygen atoms in total. The summed E-state index contributed by atoms with van der Waals surface area (Å²) in [5, 5.41) is 19.8. The highest BCUT2D eigenvalue weighted by Crippen LogP contribution is 2.43. The number of fused-ring (bicyclic) bond motifs is 1. The van der Waals surface area contributed by atoms with Crippen LogP contribution in [-0.2, 0) is 44.6 Å². The van der Waals surface area contributed by atoms with Gasteiger partial charge in [0.15, 0.2) is 17.7 Å². The summed E-state index contributed by atoms with van der Waals surface area (Å²) in [6, 6.07) is 4.09. The van der Waals surface area contributed by atoms with Crippen molar-refractivity contribution in [1.82, 2.24) is 29.8 Å². The quantitative estimate of drug-likeness (QED) is 0.184. The number of nitrogens with two attached hydrogens (primary N) is 1. The Kier molecular flexibility index (Phi) is 17.6. The lowest BCUT2D eigenvalue weighted by molar-refractivity contribution is -0.295. The molecule has 0 spiro atoms. The molecule has 3 saturated heterocycles. The minimum absolute atomic E-state index is 0.0714. The average Bonchev–Trinajstić information content (AvgIpc) is 3.81. The molecule has 3 fully saturated rings. The molecule has 346 valence electrons. The number of methoxy groups -OCH3 is 1. The average molecular weight is 892 g/mol. The molecular formula is C43H66FN7O10S. The summed E-state index contributed by atoms with van der Waals surface area (Å²) in [7, 11) is 5.21. The van der Waals surface area contributed by atoms with Gasteiger partial charge >= 0.3 is 12.1 Å². The van der Waals surface area contributed by atoms with Crippen molar-refractivity contribution in [3.05, 3.63) is 36.5 Å². The molecule has 13 atom stereocenters. The molecule has 3 unspecified atom stereocenters. The van der Waals surface area contributed by atoms with Crippen LogP contribution < -0.4 is 5.73 Å². The number of aromatic nitrogens is 4. The highest BCUT2D eigenvalue weighted by molar-refractivity contribution is 7.93. The number of carbonyl (C=O) groups is 4. The zero-order chi connectivity index (χ0) is 46.3. The summed E-state index contributed by atoms with van der Waals surface area (Å²) in [4.78, 5) is 64.5. The molecule has 19 heteroatoms. The van der Waals surface area contributed by atoms with E-state index < -0.39 is 83.4 Å². The van der Waals surface area contributed by atoms with Crippen LogP contribution in [-0.4, -0.2) is 147 Å². The van der Waals surface area contributed by atoms with E-state index in [4.69, 9.17) is 29.4 Å². The number of esters is 1. The highest BCUT2D eigenvalue weighted by Gasteiger charge is 2.60. The summed E-state index contributed by atoms with van der Waals surface area (Å²) in [6.45, 7) is 14.2. The second-order valence-electron chi connectivity index (χ2n) is 17.2. The lowest BCUT2D eigenvalue weighted by Gasteiger charge is -2.47. The summed E-state index contributed by atoms with van der Waals surface area (Å²) in [5.41, 5.74) is 4.21. The number of Topliss-reactive ketones (excluding diaryl/α,β-unsaturated/α-hetero) is 2. The van der Waals surface area contributed by atoms with Crippen molar-refractivity contribution in [2.75, 3.05) is 39.7 Å². The molecule has 2 aromatic heterocycles. The first kappa shape index (κ1) is 50.6. The lowest BCUT2D eigenvalue weighted by atomic mass is 9.73. The molecule has 3 aliphatic heterocycles. The number of aliphatic hydroxyl groups excluding tert-OH is 1. The van der Waals surface area contributed by atoms with Crippen molar-refractivity contribution in [2.24, 2.45) is 23.7 Å². The number of ether oxygens (including phenoxy) is 5. The van der Waals surface area contributed by atoms with E-state index in [-0.39, 0.29) is 49.5 Å². The number of nitrogen functional groups attached to an aromatic ring is 1. The maximum atomic E-state index is 14.7. The maximum Gasteiger partial charge on any atom is 0.411 e. The van der Waals surface area contributed by atoms with Gasteiger partial charge in [-0.3, -0.25) is 19.3 Å². The van der Waals surface area contributed by atoms with Crippen LogP contribution >= 0.6 is 12.1 Å². The second kappa shape index (κ2) is 21.6. The minimum atomic E-state index is -1.46. The maximum absolute atomic E-state index is 14.7. The van der Waals surface area contributed by atoms with Crippen molar-refractivity contribution in [2.45, 2.75) is 135 Å². The Morgan fingerprint density at radius 3 is 2.32 bits per heavy atom. The van der Waals surface area contributed by atoms with Gasteiger partial charge in [-0.05, 0) is 73.2 Å². The molecule has 5 heterocycles. The Balaban J connectivity index is 0.00000273. The number of likely N-dealkylation sites (N-methyl/N-ethyl adjacent to an activating group) is 1. The van der Waals surface area contributed by atoms with Gasteiger partial charge in [0.05, 0.1) is 42.3 Å². The van der Waals surface area contributed by atoms with E-state index in [0.29, 0.717) is 30.2 Å². The van der Waals surface area contributed by atoms with E-state index in [2.05, 4.69) is 15.3 Å². The van der Waals surface area contributed by atoms with Crippen molar-refractivity contribution < 1.29 is 51.9 Å². The van der Waals surface area contributed by atoms with E-state index in [0.717, 1.165) is 0 Å². The van der Waals surface area contributed by atoms with Crippen LogP contribution in [0.5, 0.6) is 0 Å².